The van der Waals surface area contributed by atoms with E-state index < -0.39 is 0 Å². The Morgan fingerprint density at radius 1 is 1.30 bits per heavy atom. The van der Waals surface area contributed by atoms with Crippen LogP contribution in [0.3, 0.4) is 0 Å². The van der Waals surface area contributed by atoms with Crippen LogP contribution >= 0.6 is 15.9 Å². The largest absolute Gasteiger partial charge is 0.488 e. The molecule has 0 spiro atoms. The van der Waals surface area contributed by atoms with Gasteiger partial charge in [-0.1, -0.05) is 25.1 Å². The number of hydrogen-bond acceptors (Lipinski definition) is 3. The lowest BCUT2D eigenvalue weighted by atomic mass is 10.0. The Balaban J connectivity index is 1.81. The molecule has 2 heterocycles. The number of furan rings is 1. The number of fused-ring (bicyclic) bond motifs is 1. The topological polar surface area (TPSA) is 34.4 Å². The number of para-hydroxylation sites is 1. The number of ether oxygens (including phenoxy) is 1. The summed E-state index contributed by atoms with van der Waals surface area (Å²) in [6, 6.07) is 12.2. The predicted molar refractivity (Wildman–Crippen MR) is 82.0 cm³/mol. The van der Waals surface area contributed by atoms with E-state index in [1.165, 1.54) is 5.56 Å². The van der Waals surface area contributed by atoms with E-state index >= 15 is 0 Å². The third-order valence-electron chi connectivity index (χ3n) is 3.56. The molecule has 4 heteroatoms. The van der Waals surface area contributed by atoms with Gasteiger partial charge in [-0.05, 0) is 52.7 Å². The number of rotatable bonds is 5. The molecule has 0 saturated heterocycles. The molecule has 3 nitrogen and oxygen atoms in total. The molecule has 2 aromatic rings. The lowest BCUT2D eigenvalue weighted by Gasteiger charge is -2.22. The Morgan fingerprint density at radius 3 is 2.85 bits per heavy atom. The molecule has 20 heavy (non-hydrogen) atoms. The van der Waals surface area contributed by atoms with Gasteiger partial charge in [0.25, 0.3) is 0 Å². The quantitative estimate of drug-likeness (QED) is 0.893. The molecule has 106 valence electrons. The van der Waals surface area contributed by atoms with Crippen molar-refractivity contribution in [1.82, 2.24) is 5.32 Å². The van der Waals surface area contributed by atoms with E-state index in [1.807, 2.05) is 24.3 Å². The maximum Gasteiger partial charge on any atom is 0.169 e. The van der Waals surface area contributed by atoms with Crippen LogP contribution < -0.4 is 10.1 Å². The Labute approximate surface area is 127 Å². The average Bonchev–Trinajstić information content (AvgIpc) is 3.05. The molecule has 0 saturated carbocycles. The van der Waals surface area contributed by atoms with E-state index in [0.717, 1.165) is 35.6 Å². The molecule has 1 N–H and O–H groups in total. The lowest BCUT2D eigenvalue weighted by molar-refractivity contribution is 0.163. The van der Waals surface area contributed by atoms with Gasteiger partial charge >= 0.3 is 0 Å². The summed E-state index contributed by atoms with van der Waals surface area (Å²) in [5.41, 5.74) is 1.27. The monoisotopic (exact) mass is 335 g/mol. The number of benzene rings is 1. The molecule has 2 unspecified atom stereocenters. The van der Waals surface area contributed by atoms with Gasteiger partial charge in [-0.3, -0.25) is 0 Å². The van der Waals surface area contributed by atoms with Crippen molar-refractivity contribution < 1.29 is 9.15 Å². The van der Waals surface area contributed by atoms with Crippen molar-refractivity contribution in [3.8, 4) is 5.75 Å². The van der Waals surface area contributed by atoms with Crippen molar-refractivity contribution in [2.75, 3.05) is 6.54 Å². The van der Waals surface area contributed by atoms with Crippen LogP contribution in [0.2, 0.25) is 0 Å². The Bertz CT molecular complexity index is 556. The summed E-state index contributed by atoms with van der Waals surface area (Å²) >= 11 is 3.37. The van der Waals surface area contributed by atoms with Gasteiger partial charge < -0.3 is 14.5 Å². The van der Waals surface area contributed by atoms with Crippen molar-refractivity contribution >= 4 is 15.9 Å². The fraction of sp³-hybridized carbons (Fsp3) is 0.375. The van der Waals surface area contributed by atoms with Crippen LogP contribution in [-0.4, -0.2) is 12.6 Å². The highest BCUT2D eigenvalue weighted by molar-refractivity contribution is 9.10. The summed E-state index contributed by atoms with van der Waals surface area (Å²) in [4.78, 5) is 0. The molecule has 2 atom stereocenters. The summed E-state index contributed by atoms with van der Waals surface area (Å²) in [6.45, 7) is 3.10. The normalized spacial score (nSPS) is 18.6. The first-order valence-corrected chi connectivity index (χ1v) is 7.80. The van der Waals surface area contributed by atoms with Crippen LogP contribution in [0.15, 0.2) is 45.5 Å². The van der Waals surface area contributed by atoms with Crippen molar-refractivity contribution in [3.63, 3.8) is 0 Å². The van der Waals surface area contributed by atoms with E-state index in [0.29, 0.717) is 0 Å². The second-order valence-corrected chi connectivity index (χ2v) is 5.82. The average molecular weight is 336 g/mol. The van der Waals surface area contributed by atoms with Crippen molar-refractivity contribution in [2.24, 2.45) is 0 Å². The molecule has 0 fully saturated rings. The van der Waals surface area contributed by atoms with Gasteiger partial charge in [-0.2, -0.15) is 0 Å². The van der Waals surface area contributed by atoms with Crippen LogP contribution in [-0.2, 0) is 6.42 Å². The van der Waals surface area contributed by atoms with Gasteiger partial charge in [0.15, 0.2) is 4.67 Å². The molecule has 1 aromatic heterocycles. The van der Waals surface area contributed by atoms with Crippen LogP contribution in [0, 0.1) is 0 Å². The van der Waals surface area contributed by atoms with Gasteiger partial charge in [-0.15, -0.1) is 0 Å². The van der Waals surface area contributed by atoms with Crippen LogP contribution in [0.1, 0.15) is 30.7 Å². The second kappa shape index (κ2) is 6.02. The van der Waals surface area contributed by atoms with Gasteiger partial charge in [0.2, 0.25) is 0 Å². The molecule has 0 bridgehead atoms. The molecule has 0 radical (unpaired) electrons. The standard InChI is InChI=1S/C16H18BrNO2/c1-2-9-18-16(13-7-8-15(17)20-13)14-10-11-5-3-4-6-12(11)19-14/h3-8,14,16,18H,2,9-10H2,1H3. The van der Waals surface area contributed by atoms with Crippen LogP contribution in [0.25, 0.3) is 0 Å². The fourth-order valence-electron chi connectivity index (χ4n) is 2.61. The molecular weight excluding hydrogens is 318 g/mol. The lowest BCUT2D eigenvalue weighted by Crippen LogP contribution is -2.35. The molecule has 1 aromatic carbocycles. The van der Waals surface area contributed by atoms with Crippen molar-refractivity contribution in [1.29, 1.82) is 0 Å². The minimum Gasteiger partial charge on any atom is -0.488 e. The maximum atomic E-state index is 6.09. The summed E-state index contributed by atoms with van der Waals surface area (Å²) in [7, 11) is 0. The highest BCUT2D eigenvalue weighted by Crippen LogP contribution is 2.35. The minimum atomic E-state index is 0.0775. The zero-order valence-corrected chi connectivity index (χ0v) is 13.0. The first-order chi connectivity index (χ1) is 9.78. The highest BCUT2D eigenvalue weighted by Gasteiger charge is 2.32. The van der Waals surface area contributed by atoms with Crippen LogP contribution in [0.4, 0.5) is 0 Å². The Kier molecular flexibility index (Phi) is 4.13. The maximum absolute atomic E-state index is 6.09. The summed E-state index contributed by atoms with van der Waals surface area (Å²) in [5, 5.41) is 3.54. The van der Waals surface area contributed by atoms with Crippen molar-refractivity contribution in [3.05, 3.63) is 52.4 Å². The van der Waals surface area contributed by atoms with Gasteiger partial charge in [0.05, 0.1) is 0 Å². The Hall–Kier alpha value is -1.26. The van der Waals surface area contributed by atoms with Crippen molar-refractivity contribution in [2.45, 2.75) is 31.9 Å². The number of halogens is 1. The summed E-state index contributed by atoms with van der Waals surface area (Å²) in [6.07, 6.45) is 2.07. The van der Waals surface area contributed by atoms with Gasteiger partial charge in [-0.25, -0.2) is 0 Å². The summed E-state index contributed by atoms with van der Waals surface area (Å²) < 4.78 is 12.6. The molecular formula is C16H18BrNO2. The van der Waals surface area contributed by atoms with E-state index in [9.17, 15) is 0 Å². The molecule has 0 aliphatic carbocycles. The second-order valence-electron chi connectivity index (χ2n) is 5.04. The zero-order chi connectivity index (χ0) is 13.9. The minimum absolute atomic E-state index is 0.0775. The number of nitrogens with one attached hydrogen (secondary N) is 1. The summed E-state index contributed by atoms with van der Waals surface area (Å²) in [5.74, 6) is 1.91. The SMILES string of the molecule is CCCNC(c1ccc(Br)o1)C1Cc2ccccc2O1. The number of hydrogen-bond donors (Lipinski definition) is 1. The van der Waals surface area contributed by atoms with E-state index in [1.54, 1.807) is 0 Å². The fourth-order valence-corrected chi connectivity index (χ4v) is 2.92. The molecule has 0 amide bonds. The highest BCUT2D eigenvalue weighted by atomic mass is 79.9. The third kappa shape index (κ3) is 2.76. The smallest absolute Gasteiger partial charge is 0.169 e. The first-order valence-electron chi connectivity index (χ1n) is 7.01. The predicted octanol–water partition coefficient (Wildman–Crippen LogP) is 4.09. The van der Waals surface area contributed by atoms with Crippen LogP contribution in [0.5, 0.6) is 5.75 Å². The molecule has 1 aliphatic rings. The molecule has 3 rings (SSSR count). The molecule has 1 aliphatic heterocycles. The van der Waals surface area contributed by atoms with Gasteiger partial charge in [0, 0.05) is 6.42 Å². The first kappa shape index (κ1) is 13.7. The van der Waals surface area contributed by atoms with E-state index in [2.05, 4.69) is 40.3 Å². The zero-order valence-electron chi connectivity index (χ0n) is 11.4. The Morgan fingerprint density at radius 2 is 2.15 bits per heavy atom. The van der Waals surface area contributed by atoms with E-state index in [-0.39, 0.29) is 12.1 Å². The van der Waals surface area contributed by atoms with E-state index in [4.69, 9.17) is 9.15 Å². The third-order valence-corrected chi connectivity index (χ3v) is 3.98. The van der Waals surface area contributed by atoms with Gasteiger partial charge in [0.1, 0.15) is 23.7 Å².